The number of nitrogens with zero attached hydrogens (tertiary/aromatic N) is 3. The van der Waals surface area contributed by atoms with E-state index in [1.165, 1.54) is 0 Å². The van der Waals surface area contributed by atoms with E-state index in [4.69, 9.17) is 4.42 Å². The summed E-state index contributed by atoms with van der Waals surface area (Å²) < 4.78 is 5.70. The third-order valence-corrected chi connectivity index (χ3v) is 3.05. The molecule has 2 N–H and O–H groups in total. The maximum absolute atomic E-state index is 11.5. The molecule has 1 aromatic rings. The quantitative estimate of drug-likeness (QED) is 0.417. The molecule has 23 heavy (non-hydrogen) atoms. The Hall–Kier alpha value is -1.32. The largest absolute Gasteiger partial charge is 0.443 e. The zero-order valence-electron chi connectivity index (χ0n) is 14.8. The fraction of sp³-hybridized carbons (Fsp3) is 0.667. The van der Waals surface area contributed by atoms with Crippen LogP contribution in [0.15, 0.2) is 15.6 Å². The van der Waals surface area contributed by atoms with Crippen molar-refractivity contribution in [2.75, 3.05) is 27.7 Å². The molecule has 0 fully saturated rings. The Bertz CT molecular complexity index is 520. The summed E-state index contributed by atoms with van der Waals surface area (Å²) in [5.41, 5.74) is -0.0578. The minimum Gasteiger partial charge on any atom is -0.443 e. The lowest BCUT2D eigenvalue weighted by atomic mass is 9.94. The molecule has 132 valence electrons. The van der Waals surface area contributed by atoms with Gasteiger partial charge in [0.2, 0.25) is 11.8 Å². The number of oxazole rings is 1. The van der Waals surface area contributed by atoms with Gasteiger partial charge in [0.1, 0.15) is 5.76 Å². The molecule has 1 heterocycles. The highest BCUT2D eigenvalue weighted by Gasteiger charge is 2.19. The van der Waals surface area contributed by atoms with Crippen LogP contribution in [0.1, 0.15) is 38.8 Å². The molecule has 0 unspecified atom stereocenters. The van der Waals surface area contributed by atoms with Crippen LogP contribution in [0.25, 0.3) is 0 Å². The molecule has 0 radical (unpaired) electrons. The van der Waals surface area contributed by atoms with E-state index in [1.807, 2.05) is 0 Å². The minimum atomic E-state index is -0.0578. The average Bonchev–Trinajstić information content (AvgIpc) is 2.91. The van der Waals surface area contributed by atoms with Gasteiger partial charge >= 0.3 is 0 Å². The molecule has 0 saturated carbocycles. The number of rotatable bonds is 5. The SMILES string of the molecule is CN=C(NCCC(=O)N(C)C)NCc1ncc(C(C)(C)C)o1.I. The van der Waals surface area contributed by atoms with Gasteiger partial charge in [-0.15, -0.1) is 24.0 Å². The summed E-state index contributed by atoms with van der Waals surface area (Å²) >= 11 is 0. The normalized spacial score (nSPS) is 11.7. The van der Waals surface area contributed by atoms with Crippen LogP contribution in [0.2, 0.25) is 0 Å². The van der Waals surface area contributed by atoms with E-state index < -0.39 is 0 Å². The first-order valence-corrected chi connectivity index (χ1v) is 7.34. The maximum Gasteiger partial charge on any atom is 0.223 e. The fourth-order valence-corrected chi connectivity index (χ4v) is 1.63. The zero-order valence-corrected chi connectivity index (χ0v) is 17.1. The van der Waals surface area contributed by atoms with Crippen molar-refractivity contribution in [1.82, 2.24) is 20.5 Å². The number of aliphatic imine (C=N–C) groups is 1. The van der Waals surface area contributed by atoms with E-state index in [1.54, 1.807) is 32.2 Å². The van der Waals surface area contributed by atoms with Crippen molar-refractivity contribution in [3.05, 3.63) is 17.8 Å². The smallest absolute Gasteiger partial charge is 0.223 e. The molecular formula is C15H28IN5O2. The third kappa shape index (κ3) is 7.67. The molecule has 1 rings (SSSR count). The van der Waals surface area contributed by atoms with Gasteiger partial charge in [-0.3, -0.25) is 9.79 Å². The Labute approximate surface area is 155 Å². The predicted molar refractivity (Wildman–Crippen MR) is 102 cm³/mol. The third-order valence-electron chi connectivity index (χ3n) is 3.05. The van der Waals surface area contributed by atoms with E-state index >= 15 is 0 Å². The topological polar surface area (TPSA) is 82.8 Å². The highest BCUT2D eigenvalue weighted by atomic mass is 127. The molecule has 0 saturated heterocycles. The van der Waals surface area contributed by atoms with Crippen molar-refractivity contribution in [3.63, 3.8) is 0 Å². The monoisotopic (exact) mass is 437 g/mol. The van der Waals surface area contributed by atoms with Crippen LogP contribution in [0.4, 0.5) is 0 Å². The molecule has 1 amide bonds. The van der Waals surface area contributed by atoms with Gasteiger partial charge < -0.3 is 20.0 Å². The van der Waals surface area contributed by atoms with Crippen LogP contribution in [0, 0.1) is 0 Å². The molecule has 0 spiro atoms. The highest BCUT2D eigenvalue weighted by Crippen LogP contribution is 2.22. The molecule has 0 aliphatic heterocycles. The van der Waals surface area contributed by atoms with Crippen LogP contribution < -0.4 is 10.6 Å². The first kappa shape index (κ1) is 21.7. The van der Waals surface area contributed by atoms with Crippen LogP contribution in [0.5, 0.6) is 0 Å². The van der Waals surface area contributed by atoms with Crippen LogP contribution >= 0.6 is 24.0 Å². The molecule has 1 aromatic heterocycles. The van der Waals surface area contributed by atoms with E-state index in [9.17, 15) is 4.79 Å². The van der Waals surface area contributed by atoms with Crippen molar-refractivity contribution in [2.45, 2.75) is 39.2 Å². The van der Waals surface area contributed by atoms with Gasteiger partial charge in [-0.2, -0.15) is 0 Å². The standard InChI is InChI=1S/C15H27N5O2.HI/c1-15(2,3)11-9-18-12(22-11)10-19-14(16-4)17-8-7-13(21)20(5)6;/h9H,7-8,10H2,1-6H3,(H2,16,17,19);1H. The molecule has 8 heteroatoms. The number of halogens is 1. The maximum atomic E-state index is 11.5. The van der Waals surface area contributed by atoms with E-state index in [-0.39, 0.29) is 35.3 Å². The van der Waals surface area contributed by atoms with Crippen molar-refractivity contribution in [3.8, 4) is 0 Å². The van der Waals surface area contributed by atoms with Crippen molar-refractivity contribution in [2.24, 2.45) is 4.99 Å². The Morgan fingerprint density at radius 3 is 2.48 bits per heavy atom. The number of guanidine groups is 1. The van der Waals surface area contributed by atoms with Crippen molar-refractivity contribution in [1.29, 1.82) is 0 Å². The van der Waals surface area contributed by atoms with Crippen LogP contribution in [-0.2, 0) is 16.8 Å². The van der Waals surface area contributed by atoms with E-state index in [2.05, 4.69) is 41.4 Å². The van der Waals surface area contributed by atoms with Crippen LogP contribution in [0.3, 0.4) is 0 Å². The van der Waals surface area contributed by atoms with Gasteiger partial charge in [-0.1, -0.05) is 20.8 Å². The number of amides is 1. The number of hydrogen-bond acceptors (Lipinski definition) is 4. The van der Waals surface area contributed by atoms with Crippen LogP contribution in [-0.4, -0.2) is 49.4 Å². The number of carbonyl (C=O) groups excluding carboxylic acids is 1. The zero-order chi connectivity index (χ0) is 16.8. The van der Waals surface area contributed by atoms with E-state index in [0.29, 0.717) is 31.4 Å². The second kappa shape index (κ2) is 9.74. The summed E-state index contributed by atoms with van der Waals surface area (Å²) in [6, 6.07) is 0. The molecule has 0 aliphatic carbocycles. The molecule has 0 atom stereocenters. The molecule has 0 bridgehead atoms. The summed E-state index contributed by atoms with van der Waals surface area (Å²) in [6.07, 6.45) is 2.17. The van der Waals surface area contributed by atoms with Crippen molar-refractivity contribution < 1.29 is 9.21 Å². The summed E-state index contributed by atoms with van der Waals surface area (Å²) in [6.45, 7) is 7.19. The Morgan fingerprint density at radius 2 is 2.00 bits per heavy atom. The lowest BCUT2D eigenvalue weighted by Gasteiger charge is -2.14. The lowest BCUT2D eigenvalue weighted by Crippen LogP contribution is -2.38. The second-order valence-electron chi connectivity index (χ2n) is 6.26. The summed E-state index contributed by atoms with van der Waals surface area (Å²) in [5.74, 6) is 2.15. The number of nitrogens with one attached hydrogen (secondary N) is 2. The van der Waals surface area contributed by atoms with E-state index in [0.717, 1.165) is 5.76 Å². The number of carbonyl (C=O) groups is 1. The van der Waals surface area contributed by atoms with Gasteiger partial charge in [-0.25, -0.2) is 4.98 Å². The minimum absolute atomic E-state index is 0. The first-order valence-electron chi connectivity index (χ1n) is 7.34. The molecule has 0 aromatic carbocycles. The molecular weight excluding hydrogens is 409 g/mol. The first-order chi connectivity index (χ1) is 10.2. The highest BCUT2D eigenvalue weighted by molar-refractivity contribution is 14.0. The van der Waals surface area contributed by atoms with Gasteiger partial charge in [0.05, 0.1) is 12.7 Å². The van der Waals surface area contributed by atoms with Gasteiger partial charge in [-0.05, 0) is 0 Å². The Balaban J connectivity index is 0.00000484. The van der Waals surface area contributed by atoms with Gasteiger partial charge in [0, 0.05) is 39.5 Å². The van der Waals surface area contributed by atoms with Gasteiger partial charge in [0.25, 0.3) is 0 Å². The van der Waals surface area contributed by atoms with Crippen molar-refractivity contribution >= 4 is 35.8 Å². The van der Waals surface area contributed by atoms with Gasteiger partial charge in [0.15, 0.2) is 5.96 Å². The number of aromatic nitrogens is 1. The Kier molecular flexibility index (Phi) is 9.18. The Morgan fingerprint density at radius 1 is 1.35 bits per heavy atom. The second-order valence-corrected chi connectivity index (χ2v) is 6.26. The average molecular weight is 437 g/mol. The fourth-order valence-electron chi connectivity index (χ4n) is 1.63. The molecule has 0 aliphatic rings. The summed E-state index contributed by atoms with van der Waals surface area (Å²) in [7, 11) is 5.16. The lowest BCUT2D eigenvalue weighted by molar-refractivity contribution is -0.128. The predicted octanol–water partition coefficient (Wildman–Crippen LogP) is 1.73. The summed E-state index contributed by atoms with van der Waals surface area (Å²) in [5, 5.41) is 6.20. The summed E-state index contributed by atoms with van der Waals surface area (Å²) in [4.78, 5) is 21.4. The number of hydrogen-bond donors (Lipinski definition) is 2. The molecule has 7 nitrogen and oxygen atoms in total.